The maximum atomic E-state index is 13.3. The molecule has 0 bridgehead atoms. The molecule has 35 heavy (non-hydrogen) atoms. The zero-order valence-corrected chi connectivity index (χ0v) is 22.3. The highest BCUT2D eigenvalue weighted by molar-refractivity contribution is 7.89. The van der Waals surface area contributed by atoms with Crippen LogP contribution in [0.4, 0.5) is 0 Å². The number of rotatable bonds is 11. The van der Waals surface area contributed by atoms with Gasteiger partial charge in [0, 0.05) is 38.1 Å². The number of carbonyl (C=O) groups is 1. The molecule has 2 atom stereocenters. The Morgan fingerprint density at radius 2 is 2.11 bits per heavy atom. The van der Waals surface area contributed by atoms with E-state index < -0.39 is 10.0 Å². The van der Waals surface area contributed by atoms with Gasteiger partial charge >= 0.3 is 0 Å². The van der Waals surface area contributed by atoms with Crippen molar-refractivity contribution in [1.29, 1.82) is 0 Å². The van der Waals surface area contributed by atoms with Gasteiger partial charge in [-0.15, -0.1) is 0 Å². The molecule has 3 aliphatic rings. The van der Waals surface area contributed by atoms with Crippen molar-refractivity contribution in [1.82, 2.24) is 14.3 Å². The molecule has 9 heteroatoms. The van der Waals surface area contributed by atoms with Gasteiger partial charge in [0.25, 0.3) is 5.91 Å². The molecule has 0 spiro atoms. The number of nitrogens with zero attached hydrogens (tertiary/aromatic N) is 3. The van der Waals surface area contributed by atoms with Crippen molar-refractivity contribution >= 4 is 15.9 Å². The fourth-order valence-corrected chi connectivity index (χ4v) is 7.15. The molecule has 1 aromatic rings. The molecule has 0 N–H and O–H groups in total. The van der Waals surface area contributed by atoms with Crippen molar-refractivity contribution in [3.05, 3.63) is 29.3 Å². The first kappa shape index (κ1) is 26.4. The lowest BCUT2D eigenvalue weighted by Gasteiger charge is -2.37. The van der Waals surface area contributed by atoms with Gasteiger partial charge in [-0.2, -0.15) is 0 Å². The number of carbonyl (C=O) groups excluding carboxylic acids is 1. The maximum absolute atomic E-state index is 13.3. The summed E-state index contributed by atoms with van der Waals surface area (Å²) in [6.07, 6.45) is 4.90. The Hall–Kier alpha value is -1.68. The number of hydrogen-bond acceptors (Lipinski definition) is 6. The van der Waals surface area contributed by atoms with E-state index in [4.69, 9.17) is 9.57 Å². The summed E-state index contributed by atoms with van der Waals surface area (Å²) in [5, 5.41) is 1.52. The van der Waals surface area contributed by atoms with E-state index in [1.807, 2.05) is 13.8 Å². The summed E-state index contributed by atoms with van der Waals surface area (Å²) < 4.78 is 32.1. The molecule has 4 rings (SSSR count). The maximum Gasteiger partial charge on any atom is 0.260 e. The number of amides is 1. The number of hydroxylamine groups is 2. The van der Waals surface area contributed by atoms with Crippen LogP contribution in [0, 0.1) is 0 Å². The molecule has 2 unspecified atom stereocenters. The Labute approximate surface area is 210 Å². The minimum absolute atomic E-state index is 0.0247. The molecule has 1 aromatic carbocycles. The van der Waals surface area contributed by atoms with Crippen LogP contribution in [0.15, 0.2) is 18.2 Å². The predicted molar refractivity (Wildman–Crippen MR) is 136 cm³/mol. The summed E-state index contributed by atoms with van der Waals surface area (Å²) in [5.41, 5.74) is 2.25. The van der Waals surface area contributed by atoms with Gasteiger partial charge in [0.1, 0.15) is 5.75 Å². The molecule has 196 valence electrons. The van der Waals surface area contributed by atoms with Crippen molar-refractivity contribution < 1.29 is 22.8 Å². The minimum Gasteiger partial charge on any atom is -0.493 e. The fourth-order valence-electron chi connectivity index (χ4n) is 5.63. The number of ether oxygens (including phenoxy) is 1. The number of sulfonamides is 1. The van der Waals surface area contributed by atoms with Gasteiger partial charge < -0.3 is 4.74 Å². The number of likely N-dealkylation sites (tertiary alicyclic amines) is 1. The zero-order valence-electron chi connectivity index (χ0n) is 21.5. The molecule has 0 aliphatic carbocycles. The van der Waals surface area contributed by atoms with Gasteiger partial charge in [-0.3, -0.25) is 14.5 Å². The van der Waals surface area contributed by atoms with Gasteiger partial charge in [0.15, 0.2) is 0 Å². The van der Waals surface area contributed by atoms with Crippen LogP contribution in [0.1, 0.15) is 69.9 Å². The van der Waals surface area contributed by atoms with E-state index in [0.29, 0.717) is 39.1 Å². The van der Waals surface area contributed by atoms with Crippen LogP contribution in [0.2, 0.25) is 0 Å². The first-order chi connectivity index (χ1) is 16.8. The first-order valence-electron chi connectivity index (χ1n) is 13.2. The number of fused-ring (bicyclic) bond motifs is 1. The molecular weight excluding hydrogens is 466 g/mol. The van der Waals surface area contributed by atoms with Crippen molar-refractivity contribution in [2.45, 2.75) is 70.8 Å². The van der Waals surface area contributed by atoms with Crippen LogP contribution in [0.25, 0.3) is 0 Å². The molecule has 2 fully saturated rings. The van der Waals surface area contributed by atoms with Crippen molar-refractivity contribution in [2.75, 3.05) is 51.7 Å². The van der Waals surface area contributed by atoms with Crippen molar-refractivity contribution in [3.8, 4) is 5.75 Å². The van der Waals surface area contributed by atoms with Crippen LogP contribution >= 0.6 is 0 Å². The SMILES string of the molecule is CCCON(CCC)C(=O)CN1CC(c2ccc3c(c2)CCO3)CC1(C)CCN1CCCS1(=O)=O. The van der Waals surface area contributed by atoms with Gasteiger partial charge in [0.05, 0.1) is 25.5 Å². The average molecular weight is 508 g/mol. The molecule has 0 saturated carbocycles. The monoisotopic (exact) mass is 507 g/mol. The predicted octanol–water partition coefficient (Wildman–Crippen LogP) is 3.18. The van der Waals surface area contributed by atoms with E-state index in [0.717, 1.165) is 44.6 Å². The molecule has 2 saturated heterocycles. The summed E-state index contributed by atoms with van der Waals surface area (Å²) >= 11 is 0. The molecule has 0 aromatic heterocycles. The van der Waals surface area contributed by atoms with E-state index in [1.54, 1.807) is 4.31 Å². The topological polar surface area (TPSA) is 79.4 Å². The van der Waals surface area contributed by atoms with Crippen LogP contribution < -0.4 is 4.74 Å². The summed E-state index contributed by atoms with van der Waals surface area (Å²) in [6.45, 7) is 10.2. The second-order valence-electron chi connectivity index (χ2n) is 10.4. The highest BCUT2D eigenvalue weighted by Gasteiger charge is 2.44. The highest BCUT2D eigenvalue weighted by atomic mass is 32.2. The van der Waals surface area contributed by atoms with E-state index in [2.05, 4.69) is 30.0 Å². The zero-order chi connectivity index (χ0) is 25.1. The second-order valence-corrected chi connectivity index (χ2v) is 12.5. The molecule has 0 radical (unpaired) electrons. The molecular formula is C26H41N3O5S. The Bertz CT molecular complexity index is 1000. The van der Waals surface area contributed by atoms with Crippen molar-refractivity contribution in [2.24, 2.45) is 0 Å². The van der Waals surface area contributed by atoms with Crippen LogP contribution in [0.5, 0.6) is 5.75 Å². The molecule has 3 aliphatic heterocycles. The minimum atomic E-state index is -3.14. The van der Waals surface area contributed by atoms with Crippen molar-refractivity contribution in [3.63, 3.8) is 0 Å². The fraction of sp³-hybridized carbons (Fsp3) is 0.731. The van der Waals surface area contributed by atoms with E-state index >= 15 is 0 Å². The van der Waals surface area contributed by atoms with E-state index in [9.17, 15) is 13.2 Å². The van der Waals surface area contributed by atoms with Crippen LogP contribution in [0.3, 0.4) is 0 Å². The molecule has 3 heterocycles. The Kier molecular flexibility index (Phi) is 8.41. The quantitative estimate of drug-likeness (QED) is 0.428. The summed E-state index contributed by atoms with van der Waals surface area (Å²) in [4.78, 5) is 21.3. The number of benzene rings is 1. The van der Waals surface area contributed by atoms with Gasteiger partial charge in [-0.05, 0) is 62.1 Å². The Morgan fingerprint density at radius 3 is 2.83 bits per heavy atom. The second kappa shape index (κ2) is 11.2. The summed E-state index contributed by atoms with van der Waals surface area (Å²) in [6, 6.07) is 6.48. The third-order valence-electron chi connectivity index (χ3n) is 7.66. The summed E-state index contributed by atoms with van der Waals surface area (Å²) in [5.74, 6) is 1.48. The highest BCUT2D eigenvalue weighted by Crippen LogP contribution is 2.42. The third kappa shape index (κ3) is 6.01. The Morgan fingerprint density at radius 1 is 1.29 bits per heavy atom. The first-order valence-corrected chi connectivity index (χ1v) is 14.8. The third-order valence-corrected chi connectivity index (χ3v) is 9.62. The smallest absolute Gasteiger partial charge is 0.260 e. The normalized spacial score (nSPS) is 26.1. The van der Waals surface area contributed by atoms with Gasteiger partial charge in [0.2, 0.25) is 10.0 Å². The average Bonchev–Trinajstić information content (AvgIpc) is 3.52. The number of hydrogen-bond donors (Lipinski definition) is 0. The molecule has 8 nitrogen and oxygen atoms in total. The van der Waals surface area contributed by atoms with Gasteiger partial charge in [-0.1, -0.05) is 26.0 Å². The van der Waals surface area contributed by atoms with E-state index in [1.165, 1.54) is 16.2 Å². The Balaban J connectivity index is 1.52. The van der Waals surface area contributed by atoms with E-state index in [-0.39, 0.29) is 29.7 Å². The summed E-state index contributed by atoms with van der Waals surface area (Å²) in [7, 11) is -3.14. The lowest BCUT2D eigenvalue weighted by Crippen LogP contribution is -2.49. The van der Waals surface area contributed by atoms with Gasteiger partial charge in [-0.25, -0.2) is 17.8 Å². The van der Waals surface area contributed by atoms with Crippen LogP contribution in [-0.4, -0.2) is 85.8 Å². The largest absolute Gasteiger partial charge is 0.493 e. The lowest BCUT2D eigenvalue weighted by molar-refractivity contribution is -0.188. The van der Waals surface area contributed by atoms with Crippen LogP contribution in [-0.2, 0) is 26.1 Å². The molecule has 1 amide bonds. The standard InChI is InChI=1S/C26H41N3O5S/c1-4-11-29(34-14-5-2)25(30)20-27-19-23(21-7-8-24-22(17-21)9-15-33-24)18-26(27,3)10-13-28-12-6-16-35(28,31)32/h7-8,17,23H,4-6,9-16,18-20H2,1-3H3. The lowest BCUT2D eigenvalue weighted by atomic mass is 9.87.